The molecule has 0 saturated heterocycles. The summed E-state index contributed by atoms with van der Waals surface area (Å²) in [5.74, 6) is 0. The first-order valence-electron chi connectivity index (χ1n) is 5.16. The summed E-state index contributed by atoms with van der Waals surface area (Å²) in [7, 11) is 0. The molecule has 0 radical (unpaired) electrons. The van der Waals surface area contributed by atoms with Gasteiger partial charge in [0.1, 0.15) is 11.5 Å². The molecule has 0 N–H and O–H groups in total. The predicted octanol–water partition coefficient (Wildman–Crippen LogP) is 3.23. The highest BCUT2D eigenvalue weighted by molar-refractivity contribution is 6.32. The standard InChI is InChI=1S/C13H11ClN2O/c1-8-3-9(2)5-10(4-8)12-11(6-17)13(14)16-7-15-12/h3-7H,1-2H3. The molecule has 0 fully saturated rings. The first kappa shape index (κ1) is 11.7. The monoisotopic (exact) mass is 246 g/mol. The van der Waals surface area contributed by atoms with Gasteiger partial charge < -0.3 is 0 Å². The van der Waals surface area contributed by atoms with E-state index < -0.39 is 0 Å². The Kier molecular flexibility index (Phi) is 3.20. The van der Waals surface area contributed by atoms with Gasteiger partial charge in [-0.05, 0) is 26.0 Å². The van der Waals surface area contributed by atoms with E-state index in [1.54, 1.807) is 0 Å². The van der Waals surface area contributed by atoms with Crippen molar-refractivity contribution in [3.63, 3.8) is 0 Å². The SMILES string of the molecule is Cc1cc(C)cc(-c2ncnc(Cl)c2C=O)c1. The van der Waals surface area contributed by atoms with Crippen molar-refractivity contribution in [3.8, 4) is 11.3 Å². The third kappa shape index (κ3) is 2.34. The Morgan fingerprint density at radius 3 is 2.35 bits per heavy atom. The molecule has 4 heteroatoms. The molecule has 0 unspecified atom stereocenters. The van der Waals surface area contributed by atoms with Crippen molar-refractivity contribution in [2.45, 2.75) is 13.8 Å². The van der Waals surface area contributed by atoms with Gasteiger partial charge in [0.15, 0.2) is 6.29 Å². The molecule has 0 aliphatic rings. The first-order valence-corrected chi connectivity index (χ1v) is 5.54. The Hall–Kier alpha value is -1.74. The van der Waals surface area contributed by atoms with Gasteiger partial charge >= 0.3 is 0 Å². The maximum Gasteiger partial charge on any atom is 0.155 e. The summed E-state index contributed by atoms with van der Waals surface area (Å²) in [5.41, 5.74) is 4.03. The predicted molar refractivity (Wildman–Crippen MR) is 67.3 cm³/mol. The second-order valence-electron chi connectivity index (χ2n) is 3.92. The minimum Gasteiger partial charge on any atom is -0.298 e. The second kappa shape index (κ2) is 4.63. The van der Waals surface area contributed by atoms with Crippen molar-refractivity contribution in [1.29, 1.82) is 0 Å². The van der Waals surface area contributed by atoms with Crippen LogP contribution in [0.4, 0.5) is 0 Å². The number of hydrogen-bond donors (Lipinski definition) is 0. The van der Waals surface area contributed by atoms with E-state index in [-0.39, 0.29) is 5.15 Å². The van der Waals surface area contributed by atoms with Gasteiger partial charge in [0.2, 0.25) is 0 Å². The van der Waals surface area contributed by atoms with Crippen molar-refractivity contribution in [3.05, 3.63) is 46.4 Å². The van der Waals surface area contributed by atoms with E-state index in [4.69, 9.17) is 11.6 Å². The summed E-state index contributed by atoms with van der Waals surface area (Å²) in [5, 5.41) is 0.184. The highest BCUT2D eigenvalue weighted by Gasteiger charge is 2.11. The van der Waals surface area contributed by atoms with E-state index in [0.717, 1.165) is 16.7 Å². The highest BCUT2D eigenvalue weighted by Crippen LogP contribution is 2.25. The van der Waals surface area contributed by atoms with E-state index in [9.17, 15) is 4.79 Å². The fraction of sp³-hybridized carbons (Fsp3) is 0.154. The van der Waals surface area contributed by atoms with E-state index in [2.05, 4.69) is 16.0 Å². The molecule has 17 heavy (non-hydrogen) atoms. The van der Waals surface area contributed by atoms with Crippen LogP contribution in [-0.4, -0.2) is 16.3 Å². The van der Waals surface area contributed by atoms with Gasteiger partial charge in [-0.15, -0.1) is 0 Å². The minimum absolute atomic E-state index is 0.184. The van der Waals surface area contributed by atoms with Gasteiger partial charge in [-0.2, -0.15) is 0 Å². The molecule has 0 bridgehead atoms. The van der Waals surface area contributed by atoms with Crippen molar-refractivity contribution in [2.75, 3.05) is 0 Å². The van der Waals surface area contributed by atoms with E-state index in [1.165, 1.54) is 6.33 Å². The van der Waals surface area contributed by atoms with E-state index in [0.29, 0.717) is 17.5 Å². The third-order valence-electron chi connectivity index (χ3n) is 2.45. The summed E-state index contributed by atoms with van der Waals surface area (Å²) in [6, 6.07) is 6.00. The summed E-state index contributed by atoms with van der Waals surface area (Å²) >= 11 is 5.88. The lowest BCUT2D eigenvalue weighted by Crippen LogP contribution is -1.96. The van der Waals surface area contributed by atoms with Crippen molar-refractivity contribution >= 4 is 17.9 Å². The van der Waals surface area contributed by atoms with Crippen LogP contribution in [0, 0.1) is 13.8 Å². The lowest BCUT2D eigenvalue weighted by molar-refractivity contribution is 0.112. The van der Waals surface area contributed by atoms with Crippen LogP contribution in [0.1, 0.15) is 21.5 Å². The number of benzene rings is 1. The third-order valence-corrected chi connectivity index (χ3v) is 2.75. The Morgan fingerprint density at radius 1 is 1.12 bits per heavy atom. The lowest BCUT2D eigenvalue weighted by Gasteiger charge is -2.07. The number of nitrogens with zero attached hydrogens (tertiary/aromatic N) is 2. The Labute approximate surface area is 104 Å². The number of carbonyl (C=O) groups excluding carboxylic acids is 1. The number of aromatic nitrogens is 2. The molecule has 0 atom stereocenters. The van der Waals surface area contributed by atoms with Gasteiger partial charge in [0.25, 0.3) is 0 Å². The maximum absolute atomic E-state index is 11.0. The zero-order valence-electron chi connectivity index (χ0n) is 9.57. The van der Waals surface area contributed by atoms with Crippen LogP contribution in [0.2, 0.25) is 5.15 Å². The minimum atomic E-state index is 0.184. The van der Waals surface area contributed by atoms with Gasteiger partial charge in [-0.3, -0.25) is 4.79 Å². The van der Waals surface area contributed by atoms with Crippen molar-refractivity contribution < 1.29 is 4.79 Å². The number of carbonyl (C=O) groups is 1. The molecule has 0 spiro atoms. The number of aryl methyl sites for hydroxylation is 2. The smallest absolute Gasteiger partial charge is 0.155 e. The zero-order valence-corrected chi connectivity index (χ0v) is 10.3. The lowest BCUT2D eigenvalue weighted by atomic mass is 10.0. The Morgan fingerprint density at radius 2 is 1.76 bits per heavy atom. The average Bonchev–Trinajstić information content (AvgIpc) is 2.27. The fourth-order valence-electron chi connectivity index (χ4n) is 1.82. The molecular weight excluding hydrogens is 236 g/mol. The maximum atomic E-state index is 11.0. The number of halogens is 1. The Bertz CT molecular complexity index is 561. The molecule has 1 aromatic heterocycles. The summed E-state index contributed by atoms with van der Waals surface area (Å²) in [6.45, 7) is 4.00. The van der Waals surface area contributed by atoms with Crippen LogP contribution in [0.5, 0.6) is 0 Å². The largest absolute Gasteiger partial charge is 0.298 e. The number of hydrogen-bond acceptors (Lipinski definition) is 3. The summed E-state index contributed by atoms with van der Waals surface area (Å²) < 4.78 is 0. The van der Waals surface area contributed by atoms with Crippen LogP contribution in [0.15, 0.2) is 24.5 Å². The average molecular weight is 247 g/mol. The molecule has 0 aliphatic heterocycles. The van der Waals surface area contributed by atoms with Gasteiger partial charge in [-0.25, -0.2) is 9.97 Å². The molecule has 2 rings (SSSR count). The fourth-order valence-corrected chi connectivity index (χ4v) is 2.00. The molecule has 0 saturated carbocycles. The quantitative estimate of drug-likeness (QED) is 0.604. The number of rotatable bonds is 2. The van der Waals surface area contributed by atoms with Crippen LogP contribution >= 0.6 is 11.6 Å². The molecule has 2 aromatic rings. The Balaban J connectivity index is 2.67. The van der Waals surface area contributed by atoms with Gasteiger partial charge in [-0.1, -0.05) is 28.8 Å². The van der Waals surface area contributed by atoms with Gasteiger partial charge in [0, 0.05) is 5.56 Å². The molecule has 3 nitrogen and oxygen atoms in total. The van der Waals surface area contributed by atoms with Gasteiger partial charge in [0.05, 0.1) is 11.3 Å². The zero-order chi connectivity index (χ0) is 12.4. The number of aldehydes is 1. The topological polar surface area (TPSA) is 42.9 Å². The van der Waals surface area contributed by atoms with Crippen LogP contribution < -0.4 is 0 Å². The summed E-state index contributed by atoms with van der Waals surface area (Å²) in [4.78, 5) is 19.0. The van der Waals surface area contributed by atoms with Crippen LogP contribution in [0.25, 0.3) is 11.3 Å². The van der Waals surface area contributed by atoms with E-state index >= 15 is 0 Å². The molecular formula is C13H11ClN2O. The van der Waals surface area contributed by atoms with Crippen LogP contribution in [0.3, 0.4) is 0 Å². The molecule has 1 aromatic carbocycles. The van der Waals surface area contributed by atoms with Crippen molar-refractivity contribution in [2.24, 2.45) is 0 Å². The first-order chi connectivity index (χ1) is 8.11. The van der Waals surface area contributed by atoms with Crippen LogP contribution in [-0.2, 0) is 0 Å². The molecule has 0 aliphatic carbocycles. The second-order valence-corrected chi connectivity index (χ2v) is 4.28. The van der Waals surface area contributed by atoms with E-state index in [1.807, 2.05) is 26.0 Å². The summed E-state index contributed by atoms with van der Waals surface area (Å²) in [6.07, 6.45) is 2.05. The highest BCUT2D eigenvalue weighted by atomic mass is 35.5. The molecule has 86 valence electrons. The van der Waals surface area contributed by atoms with Crippen molar-refractivity contribution in [1.82, 2.24) is 9.97 Å². The normalized spacial score (nSPS) is 10.3. The molecule has 0 amide bonds. The molecule has 1 heterocycles.